The van der Waals surface area contributed by atoms with Crippen molar-refractivity contribution < 1.29 is 0 Å². The number of nitrogens with one attached hydrogen (secondary N) is 1. The van der Waals surface area contributed by atoms with Gasteiger partial charge in [0.15, 0.2) is 0 Å². The zero-order chi connectivity index (χ0) is 25.6. The first-order valence-electron chi connectivity index (χ1n) is 12.0. The molecular weight excluding hydrogens is 400 g/mol. The van der Waals surface area contributed by atoms with E-state index in [1.54, 1.807) is 6.20 Å². The molecule has 0 aromatic heterocycles. The van der Waals surface area contributed by atoms with Gasteiger partial charge in [-0.2, -0.15) is 0 Å². The van der Waals surface area contributed by atoms with Crippen molar-refractivity contribution in [3.63, 3.8) is 0 Å². The van der Waals surface area contributed by atoms with Crippen LogP contribution in [0.2, 0.25) is 0 Å². The first-order chi connectivity index (χ1) is 15.1. The summed E-state index contributed by atoms with van der Waals surface area (Å²) in [5.74, 6) is 0.452. The molecular formula is C31H46N2. The molecule has 0 heterocycles. The standard InChI is InChI=1S/C31H46N2/c1-14-22(5)18-26(21(3)4)24(7)33-28-17-16-25(31(11,12)13)20-27(28)29(32-15-2)19-23(6)30(8,9)10/h15-20,22,33H,2-3,7,14H2,1,4-6,8-13H3/b23-19+,26-18+,32-29+. The Balaban J connectivity index is 3.70. The van der Waals surface area contributed by atoms with Gasteiger partial charge in [-0.3, -0.25) is 4.99 Å². The minimum atomic E-state index is 0.0195. The molecule has 0 aliphatic carbocycles. The van der Waals surface area contributed by atoms with Gasteiger partial charge in [0.25, 0.3) is 0 Å². The van der Waals surface area contributed by atoms with Crippen LogP contribution in [0.15, 0.2) is 83.7 Å². The molecule has 0 spiro atoms. The second kappa shape index (κ2) is 11.5. The molecule has 0 aliphatic rings. The molecule has 33 heavy (non-hydrogen) atoms. The van der Waals surface area contributed by atoms with E-state index in [0.717, 1.165) is 40.2 Å². The predicted octanol–water partition coefficient (Wildman–Crippen LogP) is 9.38. The summed E-state index contributed by atoms with van der Waals surface area (Å²) in [4.78, 5) is 4.68. The van der Waals surface area contributed by atoms with Crippen molar-refractivity contribution in [1.82, 2.24) is 0 Å². The molecule has 1 N–H and O–H groups in total. The Morgan fingerprint density at radius 3 is 2.15 bits per heavy atom. The molecule has 2 nitrogen and oxygen atoms in total. The number of rotatable bonds is 9. The molecule has 0 aliphatic heterocycles. The number of hydrogen-bond acceptors (Lipinski definition) is 2. The second-order valence-electron chi connectivity index (χ2n) is 11.1. The molecule has 2 heteroatoms. The van der Waals surface area contributed by atoms with Gasteiger partial charge in [0.2, 0.25) is 0 Å². The average molecular weight is 447 g/mol. The van der Waals surface area contributed by atoms with E-state index < -0.39 is 0 Å². The van der Waals surface area contributed by atoms with Gasteiger partial charge in [0, 0.05) is 23.1 Å². The van der Waals surface area contributed by atoms with E-state index in [1.165, 1.54) is 11.1 Å². The lowest BCUT2D eigenvalue weighted by atomic mass is 9.83. The van der Waals surface area contributed by atoms with Crippen LogP contribution in [0.1, 0.15) is 86.8 Å². The van der Waals surface area contributed by atoms with Crippen molar-refractivity contribution in [2.45, 2.75) is 81.1 Å². The van der Waals surface area contributed by atoms with Crippen LogP contribution in [-0.2, 0) is 5.41 Å². The smallest absolute Gasteiger partial charge is 0.0722 e. The third kappa shape index (κ3) is 8.35. The monoisotopic (exact) mass is 446 g/mol. The summed E-state index contributed by atoms with van der Waals surface area (Å²) in [6.45, 7) is 34.4. The fraction of sp³-hybridized carbons (Fsp3) is 0.452. The van der Waals surface area contributed by atoms with Crippen LogP contribution in [0.5, 0.6) is 0 Å². The maximum Gasteiger partial charge on any atom is 0.0722 e. The normalized spacial score (nSPS) is 14.7. The Bertz CT molecular complexity index is 969. The molecule has 0 saturated heterocycles. The molecule has 1 aromatic rings. The number of aliphatic imine (C=N–C) groups is 1. The molecule has 0 bridgehead atoms. The molecule has 0 fully saturated rings. The first-order valence-corrected chi connectivity index (χ1v) is 12.0. The number of nitrogens with zero attached hydrogens (tertiary/aromatic N) is 1. The summed E-state index contributed by atoms with van der Waals surface area (Å²) in [7, 11) is 0. The second-order valence-corrected chi connectivity index (χ2v) is 11.1. The SMILES string of the molecule is C=C/N=C(\C=C(/C)C(C)(C)C)c1cc(C(C)(C)C)ccc1NC(=C)/C(=C/C(C)CC)C(=C)C. The van der Waals surface area contributed by atoms with Crippen LogP contribution >= 0.6 is 0 Å². The molecule has 1 rings (SSSR count). The summed E-state index contributed by atoms with van der Waals surface area (Å²) >= 11 is 0. The molecule has 1 atom stereocenters. The molecule has 1 aromatic carbocycles. The van der Waals surface area contributed by atoms with Crippen molar-refractivity contribution in [3.05, 3.63) is 89.8 Å². The highest BCUT2D eigenvalue weighted by molar-refractivity contribution is 6.13. The van der Waals surface area contributed by atoms with Crippen molar-refractivity contribution in [2.24, 2.45) is 16.3 Å². The molecule has 1 unspecified atom stereocenters. The Hall–Kier alpha value is -2.61. The highest BCUT2D eigenvalue weighted by Gasteiger charge is 2.20. The molecule has 0 radical (unpaired) electrons. The number of hydrogen-bond donors (Lipinski definition) is 1. The van der Waals surface area contributed by atoms with E-state index in [-0.39, 0.29) is 10.8 Å². The van der Waals surface area contributed by atoms with Gasteiger partial charge in [-0.05, 0) is 65.5 Å². The van der Waals surface area contributed by atoms with E-state index in [9.17, 15) is 0 Å². The van der Waals surface area contributed by atoms with E-state index in [4.69, 9.17) is 0 Å². The van der Waals surface area contributed by atoms with Crippen molar-refractivity contribution in [2.75, 3.05) is 5.32 Å². The zero-order valence-electron chi connectivity index (χ0n) is 22.8. The lowest BCUT2D eigenvalue weighted by molar-refractivity contribution is 0.504. The Morgan fingerprint density at radius 1 is 1.09 bits per heavy atom. The van der Waals surface area contributed by atoms with Crippen LogP contribution in [0.25, 0.3) is 0 Å². The predicted molar refractivity (Wildman–Crippen MR) is 150 cm³/mol. The third-order valence-corrected chi connectivity index (χ3v) is 6.09. The summed E-state index contributed by atoms with van der Waals surface area (Å²) in [5, 5.41) is 3.58. The Kier molecular flexibility index (Phi) is 9.90. The van der Waals surface area contributed by atoms with Gasteiger partial charge in [-0.25, -0.2) is 0 Å². The lowest BCUT2D eigenvalue weighted by Gasteiger charge is -2.24. The Morgan fingerprint density at radius 2 is 1.70 bits per heavy atom. The minimum Gasteiger partial charge on any atom is -0.355 e. The van der Waals surface area contributed by atoms with Gasteiger partial charge < -0.3 is 5.32 Å². The fourth-order valence-electron chi connectivity index (χ4n) is 3.17. The van der Waals surface area contributed by atoms with E-state index >= 15 is 0 Å². The summed E-state index contributed by atoms with van der Waals surface area (Å²) in [6, 6.07) is 6.56. The minimum absolute atomic E-state index is 0.0195. The highest BCUT2D eigenvalue weighted by atomic mass is 14.9. The van der Waals surface area contributed by atoms with E-state index in [0.29, 0.717) is 5.92 Å². The van der Waals surface area contributed by atoms with Crippen LogP contribution in [0.3, 0.4) is 0 Å². The molecule has 0 amide bonds. The number of anilines is 1. The van der Waals surface area contributed by atoms with Crippen LogP contribution in [0, 0.1) is 11.3 Å². The van der Waals surface area contributed by atoms with Gasteiger partial charge >= 0.3 is 0 Å². The summed E-state index contributed by atoms with van der Waals surface area (Å²) in [5.41, 5.74) is 8.40. The number of allylic oxidation sites excluding steroid dienone is 4. The topological polar surface area (TPSA) is 24.4 Å². The van der Waals surface area contributed by atoms with Gasteiger partial charge in [0.05, 0.1) is 5.71 Å². The highest BCUT2D eigenvalue weighted by Crippen LogP contribution is 2.32. The summed E-state index contributed by atoms with van der Waals surface area (Å²) < 4.78 is 0. The third-order valence-electron chi connectivity index (χ3n) is 6.09. The van der Waals surface area contributed by atoms with Crippen molar-refractivity contribution >= 4 is 11.4 Å². The maximum atomic E-state index is 4.68. The first kappa shape index (κ1) is 28.4. The molecule has 180 valence electrons. The van der Waals surface area contributed by atoms with Gasteiger partial charge in [-0.1, -0.05) is 99.3 Å². The van der Waals surface area contributed by atoms with Gasteiger partial charge in [0.1, 0.15) is 0 Å². The summed E-state index contributed by atoms with van der Waals surface area (Å²) in [6.07, 6.45) is 7.12. The molecule has 0 saturated carbocycles. The quantitative estimate of drug-likeness (QED) is 0.296. The Labute approximate surface area is 204 Å². The van der Waals surface area contributed by atoms with E-state index in [2.05, 4.69) is 123 Å². The maximum absolute atomic E-state index is 4.68. The van der Waals surface area contributed by atoms with Gasteiger partial charge in [-0.15, -0.1) is 0 Å². The van der Waals surface area contributed by atoms with Crippen molar-refractivity contribution in [1.29, 1.82) is 0 Å². The lowest BCUT2D eigenvalue weighted by Crippen LogP contribution is -2.15. The van der Waals surface area contributed by atoms with E-state index in [1.807, 2.05) is 6.92 Å². The van der Waals surface area contributed by atoms with Crippen LogP contribution in [0.4, 0.5) is 5.69 Å². The van der Waals surface area contributed by atoms with Crippen molar-refractivity contribution in [3.8, 4) is 0 Å². The zero-order valence-corrected chi connectivity index (χ0v) is 22.8. The van der Waals surface area contributed by atoms with Crippen LogP contribution in [-0.4, -0.2) is 5.71 Å². The number of benzene rings is 1. The fourth-order valence-corrected chi connectivity index (χ4v) is 3.17. The van der Waals surface area contributed by atoms with Crippen LogP contribution < -0.4 is 5.32 Å². The largest absolute Gasteiger partial charge is 0.355 e. The average Bonchev–Trinajstić information content (AvgIpc) is 2.69.